The van der Waals surface area contributed by atoms with Gasteiger partial charge in [-0.25, -0.2) is 0 Å². The summed E-state index contributed by atoms with van der Waals surface area (Å²) < 4.78 is 6.08. The second-order valence-electron chi connectivity index (χ2n) is 7.78. The van der Waals surface area contributed by atoms with Crippen molar-refractivity contribution < 1.29 is 4.74 Å². The van der Waals surface area contributed by atoms with E-state index < -0.39 is 0 Å². The van der Waals surface area contributed by atoms with Crippen molar-refractivity contribution in [2.45, 2.75) is 39.5 Å². The largest absolute Gasteiger partial charge is 0.493 e. The lowest BCUT2D eigenvalue weighted by Crippen LogP contribution is -2.51. The molecule has 2 saturated heterocycles. The molecule has 2 N–H and O–H groups in total. The van der Waals surface area contributed by atoms with Gasteiger partial charge in [-0.15, -0.1) is 0 Å². The number of nitrogens with one attached hydrogen (secondary N) is 2. The summed E-state index contributed by atoms with van der Waals surface area (Å²) in [5, 5.41) is 7.17. The van der Waals surface area contributed by atoms with Gasteiger partial charge in [0.25, 0.3) is 0 Å². The van der Waals surface area contributed by atoms with E-state index in [2.05, 4.69) is 48.7 Å². The number of ether oxygens (including phenoxy) is 1. The number of para-hydroxylation sites is 1. The van der Waals surface area contributed by atoms with E-state index in [-0.39, 0.29) is 0 Å². The van der Waals surface area contributed by atoms with Gasteiger partial charge < -0.3 is 15.4 Å². The molecule has 3 nitrogen and oxygen atoms in total. The van der Waals surface area contributed by atoms with E-state index in [1.54, 1.807) is 0 Å². The van der Waals surface area contributed by atoms with Gasteiger partial charge in [-0.2, -0.15) is 0 Å². The van der Waals surface area contributed by atoms with Crippen LogP contribution in [0, 0.1) is 17.3 Å². The van der Waals surface area contributed by atoms with Crippen LogP contribution in [-0.2, 0) is 6.42 Å². The predicted molar refractivity (Wildman–Crippen MR) is 96.0 cm³/mol. The van der Waals surface area contributed by atoms with Crippen LogP contribution >= 0.6 is 0 Å². The van der Waals surface area contributed by atoms with Crippen LogP contribution in [0.3, 0.4) is 0 Å². The van der Waals surface area contributed by atoms with E-state index in [4.69, 9.17) is 4.74 Å². The van der Waals surface area contributed by atoms with Crippen molar-refractivity contribution in [2.75, 3.05) is 32.8 Å². The maximum absolute atomic E-state index is 6.08. The second-order valence-corrected chi connectivity index (χ2v) is 7.78. The zero-order valence-electron chi connectivity index (χ0n) is 14.7. The molecule has 1 aromatic rings. The van der Waals surface area contributed by atoms with Crippen molar-refractivity contribution in [3.63, 3.8) is 0 Å². The van der Waals surface area contributed by atoms with Crippen LogP contribution in [0.4, 0.5) is 0 Å². The van der Waals surface area contributed by atoms with Gasteiger partial charge in [0.05, 0.1) is 6.61 Å². The SMILES string of the molecule is CC(C)COc1ccccc1CC1CNCCC12CCNCC2. The van der Waals surface area contributed by atoms with E-state index in [9.17, 15) is 0 Å². The monoisotopic (exact) mass is 316 g/mol. The molecule has 1 unspecified atom stereocenters. The summed E-state index contributed by atoms with van der Waals surface area (Å²) in [5.74, 6) is 2.38. The third kappa shape index (κ3) is 4.07. The fraction of sp³-hybridized carbons (Fsp3) is 0.700. The highest BCUT2D eigenvalue weighted by Gasteiger charge is 2.41. The zero-order chi connectivity index (χ0) is 16.1. The maximum atomic E-state index is 6.08. The molecule has 1 atom stereocenters. The first-order chi connectivity index (χ1) is 11.2. The highest BCUT2D eigenvalue weighted by Crippen LogP contribution is 2.44. The molecule has 0 aliphatic carbocycles. The summed E-state index contributed by atoms with van der Waals surface area (Å²) in [4.78, 5) is 0. The average Bonchev–Trinajstić information content (AvgIpc) is 2.57. The van der Waals surface area contributed by atoms with Gasteiger partial charge in [-0.3, -0.25) is 0 Å². The molecule has 2 heterocycles. The Morgan fingerprint density at radius 3 is 2.52 bits per heavy atom. The van der Waals surface area contributed by atoms with Crippen LogP contribution in [-0.4, -0.2) is 32.8 Å². The first-order valence-corrected chi connectivity index (χ1v) is 9.32. The molecule has 128 valence electrons. The minimum Gasteiger partial charge on any atom is -0.493 e. The summed E-state index contributed by atoms with van der Waals surface area (Å²) in [5.41, 5.74) is 1.92. The standard InChI is InChI=1S/C20H32N2O/c1-16(2)15-23-19-6-4-3-5-17(19)13-18-14-22-12-9-20(18)7-10-21-11-8-20/h3-6,16,18,21-22H,7-15H2,1-2H3. The summed E-state index contributed by atoms with van der Waals surface area (Å²) in [6.07, 6.45) is 5.12. The lowest BCUT2D eigenvalue weighted by Gasteiger charge is -2.47. The van der Waals surface area contributed by atoms with Gasteiger partial charge in [-0.1, -0.05) is 32.0 Å². The highest BCUT2D eigenvalue weighted by molar-refractivity contribution is 5.34. The van der Waals surface area contributed by atoms with E-state index in [0.29, 0.717) is 11.3 Å². The van der Waals surface area contributed by atoms with Gasteiger partial charge in [0.1, 0.15) is 5.75 Å². The number of piperidine rings is 2. The van der Waals surface area contributed by atoms with Crippen molar-refractivity contribution in [1.29, 1.82) is 0 Å². The Balaban J connectivity index is 1.74. The number of hydrogen-bond donors (Lipinski definition) is 2. The molecule has 1 spiro atoms. The molecule has 2 aliphatic rings. The second kappa shape index (κ2) is 7.67. The highest BCUT2D eigenvalue weighted by atomic mass is 16.5. The van der Waals surface area contributed by atoms with Gasteiger partial charge in [0.2, 0.25) is 0 Å². The van der Waals surface area contributed by atoms with Gasteiger partial charge >= 0.3 is 0 Å². The molecule has 2 aliphatic heterocycles. The number of benzene rings is 1. The molecule has 2 fully saturated rings. The van der Waals surface area contributed by atoms with Gasteiger partial charge in [0, 0.05) is 0 Å². The molecule has 3 rings (SSSR count). The summed E-state index contributed by atoms with van der Waals surface area (Å²) in [6, 6.07) is 8.66. The van der Waals surface area contributed by atoms with Gasteiger partial charge in [-0.05, 0) is 80.7 Å². The Labute approximate surface area is 141 Å². The Hall–Kier alpha value is -1.06. The van der Waals surface area contributed by atoms with E-state index in [1.807, 2.05) is 0 Å². The smallest absolute Gasteiger partial charge is 0.122 e. The molecule has 1 aromatic carbocycles. The van der Waals surface area contributed by atoms with Crippen LogP contribution in [0.2, 0.25) is 0 Å². The number of rotatable bonds is 5. The fourth-order valence-electron chi connectivity index (χ4n) is 4.24. The van der Waals surface area contributed by atoms with E-state index in [0.717, 1.165) is 31.2 Å². The third-order valence-electron chi connectivity index (χ3n) is 5.67. The fourth-order valence-corrected chi connectivity index (χ4v) is 4.24. The molecule has 3 heteroatoms. The Bertz CT molecular complexity index is 486. The summed E-state index contributed by atoms with van der Waals surface area (Å²) >= 11 is 0. The molecule has 0 saturated carbocycles. The lowest BCUT2D eigenvalue weighted by molar-refractivity contribution is 0.0664. The van der Waals surface area contributed by atoms with Crippen LogP contribution in [0.1, 0.15) is 38.7 Å². The van der Waals surface area contributed by atoms with Crippen LogP contribution < -0.4 is 15.4 Å². The van der Waals surface area contributed by atoms with Crippen molar-refractivity contribution in [1.82, 2.24) is 10.6 Å². The predicted octanol–water partition coefficient (Wildman–Crippen LogP) is 3.24. The van der Waals surface area contributed by atoms with Gasteiger partial charge in [0.15, 0.2) is 0 Å². The molecule has 23 heavy (non-hydrogen) atoms. The number of hydrogen-bond acceptors (Lipinski definition) is 3. The molecule has 0 amide bonds. The minimum absolute atomic E-state index is 0.529. The molecular formula is C20H32N2O. The Morgan fingerprint density at radius 1 is 1.09 bits per heavy atom. The first-order valence-electron chi connectivity index (χ1n) is 9.32. The van der Waals surface area contributed by atoms with Crippen LogP contribution in [0.15, 0.2) is 24.3 Å². The van der Waals surface area contributed by atoms with Crippen molar-refractivity contribution >= 4 is 0 Å². The first kappa shape index (κ1) is 16.8. The lowest BCUT2D eigenvalue weighted by atomic mass is 9.63. The Morgan fingerprint density at radius 2 is 1.78 bits per heavy atom. The third-order valence-corrected chi connectivity index (χ3v) is 5.67. The summed E-state index contributed by atoms with van der Waals surface area (Å²) in [7, 11) is 0. The van der Waals surface area contributed by atoms with Crippen molar-refractivity contribution in [3.05, 3.63) is 29.8 Å². The normalized spacial score (nSPS) is 24.0. The Kier molecular flexibility index (Phi) is 5.60. The molecule has 0 aromatic heterocycles. The minimum atomic E-state index is 0.529. The van der Waals surface area contributed by atoms with Crippen molar-refractivity contribution in [2.24, 2.45) is 17.3 Å². The molecule has 0 radical (unpaired) electrons. The zero-order valence-corrected chi connectivity index (χ0v) is 14.7. The quantitative estimate of drug-likeness (QED) is 0.875. The summed E-state index contributed by atoms with van der Waals surface area (Å²) in [6.45, 7) is 9.91. The van der Waals surface area contributed by atoms with Crippen LogP contribution in [0.25, 0.3) is 0 Å². The molecule has 0 bridgehead atoms. The van der Waals surface area contributed by atoms with E-state index >= 15 is 0 Å². The van der Waals surface area contributed by atoms with Crippen LogP contribution in [0.5, 0.6) is 5.75 Å². The average molecular weight is 316 g/mol. The maximum Gasteiger partial charge on any atom is 0.122 e. The topological polar surface area (TPSA) is 33.3 Å². The molecular weight excluding hydrogens is 284 g/mol. The van der Waals surface area contributed by atoms with Crippen molar-refractivity contribution in [3.8, 4) is 5.75 Å². The van der Waals surface area contributed by atoms with E-state index in [1.165, 1.54) is 44.5 Å².